The molecule has 2 rings (SSSR count). The first kappa shape index (κ1) is 12.7. The van der Waals surface area contributed by atoms with E-state index < -0.39 is 11.8 Å². The average Bonchev–Trinajstić information content (AvgIpc) is 2.48. The van der Waals surface area contributed by atoms with Crippen LogP contribution in [0.25, 0.3) is 0 Å². The Hall–Kier alpha value is -2.73. The Labute approximate surface area is 109 Å². The van der Waals surface area contributed by atoms with Crippen LogP contribution in [0.15, 0.2) is 48.8 Å². The average molecular weight is 256 g/mol. The second kappa shape index (κ2) is 5.74. The third kappa shape index (κ3) is 2.93. The molecule has 6 nitrogen and oxygen atoms in total. The molecule has 0 spiro atoms. The number of para-hydroxylation sites is 1. The zero-order valence-electron chi connectivity index (χ0n) is 9.79. The molecule has 96 valence electrons. The number of benzene rings is 1. The van der Waals surface area contributed by atoms with Gasteiger partial charge in [-0.05, 0) is 24.3 Å². The van der Waals surface area contributed by atoms with Gasteiger partial charge >= 0.3 is 0 Å². The SMILES string of the molecule is O=C(Nc1ccccc1C(=O)N[O-])c1cccnc1. The highest BCUT2D eigenvalue weighted by Crippen LogP contribution is 2.15. The van der Waals surface area contributed by atoms with Gasteiger partial charge < -0.3 is 16.0 Å². The van der Waals surface area contributed by atoms with Crippen molar-refractivity contribution < 1.29 is 9.59 Å². The number of aromatic nitrogens is 1. The van der Waals surface area contributed by atoms with Gasteiger partial charge in [-0.3, -0.25) is 14.6 Å². The minimum Gasteiger partial charge on any atom is -0.759 e. The Balaban J connectivity index is 2.25. The van der Waals surface area contributed by atoms with E-state index in [1.54, 1.807) is 36.5 Å². The van der Waals surface area contributed by atoms with Crippen LogP contribution in [-0.2, 0) is 0 Å². The molecular weight excluding hydrogens is 246 g/mol. The molecule has 6 heteroatoms. The smallest absolute Gasteiger partial charge is 0.257 e. The summed E-state index contributed by atoms with van der Waals surface area (Å²) in [6.07, 6.45) is 2.96. The Bertz CT molecular complexity index is 599. The van der Waals surface area contributed by atoms with Gasteiger partial charge in [0.25, 0.3) is 5.91 Å². The summed E-state index contributed by atoms with van der Waals surface area (Å²) in [7, 11) is 0. The summed E-state index contributed by atoms with van der Waals surface area (Å²) >= 11 is 0. The maximum absolute atomic E-state index is 11.9. The predicted octanol–water partition coefficient (Wildman–Crippen LogP) is 1.56. The highest BCUT2D eigenvalue weighted by atomic mass is 16.5. The zero-order valence-corrected chi connectivity index (χ0v) is 9.79. The van der Waals surface area contributed by atoms with Crippen LogP contribution in [0.5, 0.6) is 0 Å². The third-order valence-corrected chi connectivity index (χ3v) is 2.44. The fraction of sp³-hybridized carbons (Fsp3) is 0. The van der Waals surface area contributed by atoms with Gasteiger partial charge in [-0.1, -0.05) is 12.1 Å². The predicted molar refractivity (Wildman–Crippen MR) is 69.5 cm³/mol. The molecule has 0 aliphatic heterocycles. The van der Waals surface area contributed by atoms with Crippen LogP contribution < -0.4 is 10.8 Å². The highest BCUT2D eigenvalue weighted by molar-refractivity contribution is 6.08. The van der Waals surface area contributed by atoms with Crippen LogP contribution in [0.2, 0.25) is 0 Å². The molecule has 2 amide bonds. The first-order chi connectivity index (χ1) is 9.22. The van der Waals surface area contributed by atoms with Gasteiger partial charge in [-0.25, -0.2) is 0 Å². The molecule has 0 aliphatic rings. The number of rotatable bonds is 3. The topological polar surface area (TPSA) is 94.2 Å². The number of carbonyl (C=O) groups is 2. The van der Waals surface area contributed by atoms with Gasteiger partial charge in [0.2, 0.25) is 5.91 Å². The minimum atomic E-state index is -0.804. The molecule has 0 unspecified atom stereocenters. The lowest BCUT2D eigenvalue weighted by Gasteiger charge is -2.12. The van der Waals surface area contributed by atoms with Gasteiger partial charge in [0.05, 0.1) is 16.8 Å². The van der Waals surface area contributed by atoms with Crippen molar-refractivity contribution in [3.63, 3.8) is 0 Å². The molecule has 0 atom stereocenters. The summed E-state index contributed by atoms with van der Waals surface area (Å²) in [5.41, 5.74) is 2.02. The van der Waals surface area contributed by atoms with Gasteiger partial charge in [0.1, 0.15) is 0 Å². The first-order valence-corrected chi connectivity index (χ1v) is 5.45. The standard InChI is InChI=1S/C13H10N3O3/c17-12(9-4-3-7-14-8-9)15-11-6-2-1-5-10(11)13(18)16-19/h1-8H,(H2-,15,16,17,18,19)/q-1. The number of hydrogen-bond donors (Lipinski definition) is 2. The van der Waals surface area contributed by atoms with Crippen molar-refractivity contribution in [2.45, 2.75) is 0 Å². The molecule has 0 radical (unpaired) electrons. The second-order valence-electron chi connectivity index (χ2n) is 3.67. The Morgan fingerprint density at radius 1 is 1.05 bits per heavy atom. The third-order valence-electron chi connectivity index (χ3n) is 2.44. The van der Waals surface area contributed by atoms with Crippen molar-refractivity contribution in [3.05, 3.63) is 65.1 Å². The van der Waals surface area contributed by atoms with E-state index in [1.807, 2.05) is 0 Å². The van der Waals surface area contributed by atoms with E-state index in [4.69, 9.17) is 0 Å². The summed E-state index contributed by atoms with van der Waals surface area (Å²) in [5, 5.41) is 13.0. The molecule has 0 aliphatic carbocycles. The van der Waals surface area contributed by atoms with Crippen LogP contribution in [-0.4, -0.2) is 16.8 Å². The molecule has 19 heavy (non-hydrogen) atoms. The lowest BCUT2D eigenvalue weighted by molar-refractivity contribution is 0.0971. The lowest BCUT2D eigenvalue weighted by Crippen LogP contribution is -2.20. The number of nitrogens with zero attached hydrogens (tertiary/aromatic N) is 1. The van der Waals surface area contributed by atoms with Crippen LogP contribution in [0, 0.1) is 5.21 Å². The van der Waals surface area contributed by atoms with Gasteiger partial charge in [0.15, 0.2) is 0 Å². The number of anilines is 1. The second-order valence-corrected chi connectivity index (χ2v) is 3.67. The maximum atomic E-state index is 11.9. The first-order valence-electron chi connectivity index (χ1n) is 5.45. The van der Waals surface area contributed by atoms with Crippen LogP contribution in [0.3, 0.4) is 0 Å². The number of carbonyl (C=O) groups excluding carboxylic acids is 2. The molecule has 2 N–H and O–H groups in total. The Kier molecular flexibility index (Phi) is 3.84. The van der Waals surface area contributed by atoms with Gasteiger partial charge in [-0.15, -0.1) is 0 Å². The summed E-state index contributed by atoms with van der Waals surface area (Å²) < 4.78 is 0. The largest absolute Gasteiger partial charge is 0.759 e. The molecule has 0 saturated carbocycles. The maximum Gasteiger partial charge on any atom is 0.257 e. The summed E-state index contributed by atoms with van der Waals surface area (Å²) in [4.78, 5) is 27.1. The van der Waals surface area contributed by atoms with Crippen molar-refractivity contribution in [3.8, 4) is 0 Å². The van der Waals surface area contributed by atoms with Crippen molar-refractivity contribution in [1.82, 2.24) is 10.5 Å². The Morgan fingerprint density at radius 2 is 1.84 bits per heavy atom. The van der Waals surface area contributed by atoms with E-state index in [1.165, 1.54) is 17.7 Å². The van der Waals surface area contributed by atoms with E-state index in [2.05, 4.69) is 10.3 Å². The number of hydroxylamine groups is 1. The summed E-state index contributed by atoms with van der Waals surface area (Å²) in [6, 6.07) is 9.47. The molecule has 2 aromatic rings. The highest BCUT2D eigenvalue weighted by Gasteiger charge is 2.11. The van der Waals surface area contributed by atoms with Crippen LogP contribution in [0.4, 0.5) is 5.69 Å². The van der Waals surface area contributed by atoms with Crippen molar-refractivity contribution in [1.29, 1.82) is 0 Å². The monoisotopic (exact) mass is 256 g/mol. The lowest BCUT2D eigenvalue weighted by atomic mass is 10.1. The summed E-state index contributed by atoms with van der Waals surface area (Å²) in [6.45, 7) is 0. The Morgan fingerprint density at radius 3 is 2.53 bits per heavy atom. The number of hydrogen-bond acceptors (Lipinski definition) is 4. The van der Waals surface area contributed by atoms with Crippen molar-refractivity contribution in [2.24, 2.45) is 0 Å². The summed E-state index contributed by atoms with van der Waals surface area (Å²) in [5.74, 6) is -1.21. The van der Waals surface area contributed by atoms with Crippen molar-refractivity contribution in [2.75, 3.05) is 5.32 Å². The quantitative estimate of drug-likeness (QED) is 0.815. The molecule has 1 heterocycles. The van der Waals surface area contributed by atoms with E-state index in [0.29, 0.717) is 5.56 Å². The van der Waals surface area contributed by atoms with Crippen molar-refractivity contribution >= 4 is 17.5 Å². The zero-order chi connectivity index (χ0) is 13.7. The van der Waals surface area contributed by atoms with E-state index >= 15 is 0 Å². The number of amides is 2. The normalized spacial score (nSPS) is 9.74. The molecule has 0 fully saturated rings. The number of pyridine rings is 1. The van der Waals surface area contributed by atoms with E-state index in [-0.39, 0.29) is 11.3 Å². The van der Waals surface area contributed by atoms with Gasteiger partial charge in [0, 0.05) is 12.4 Å². The minimum absolute atomic E-state index is 0.106. The molecule has 1 aromatic heterocycles. The van der Waals surface area contributed by atoms with E-state index in [0.717, 1.165) is 0 Å². The molecule has 0 bridgehead atoms. The molecular formula is C13H10N3O3-. The molecule has 1 aromatic carbocycles. The van der Waals surface area contributed by atoms with Crippen LogP contribution in [0.1, 0.15) is 20.7 Å². The number of nitrogens with one attached hydrogen (secondary N) is 2. The van der Waals surface area contributed by atoms with Crippen LogP contribution >= 0.6 is 0 Å². The van der Waals surface area contributed by atoms with Gasteiger partial charge in [-0.2, -0.15) is 0 Å². The fourth-order valence-corrected chi connectivity index (χ4v) is 1.54. The van der Waals surface area contributed by atoms with E-state index in [9.17, 15) is 14.8 Å². The molecule has 0 saturated heterocycles. The fourth-order valence-electron chi connectivity index (χ4n) is 1.54.